The number of hydrogen-bond acceptors (Lipinski definition) is 4. The molecule has 1 heterocycles. The van der Waals surface area contributed by atoms with Gasteiger partial charge in [-0.1, -0.05) is 6.07 Å². The van der Waals surface area contributed by atoms with Crippen LogP contribution < -0.4 is 0 Å². The predicted octanol–water partition coefficient (Wildman–Crippen LogP) is 1.83. The largest absolute Gasteiger partial charge is 0.392 e. The fraction of sp³-hybridized carbons (Fsp3) is 0.600. The van der Waals surface area contributed by atoms with E-state index < -0.39 is 33.8 Å². The van der Waals surface area contributed by atoms with Crippen LogP contribution in [0.3, 0.4) is 0 Å². The lowest BCUT2D eigenvalue weighted by atomic mass is 10.0. The summed E-state index contributed by atoms with van der Waals surface area (Å²) in [5, 5.41) is 9.83. The Kier molecular flexibility index (Phi) is 5.72. The van der Waals surface area contributed by atoms with Crippen molar-refractivity contribution in [2.24, 2.45) is 0 Å². The minimum absolute atomic E-state index is 0.0388. The van der Waals surface area contributed by atoms with Gasteiger partial charge in [0.05, 0.1) is 30.6 Å². The van der Waals surface area contributed by atoms with E-state index in [0.29, 0.717) is 5.56 Å². The molecule has 1 aliphatic rings. The molecule has 1 aliphatic heterocycles. The molecule has 0 radical (unpaired) electrons. The van der Waals surface area contributed by atoms with Crippen LogP contribution in [0.1, 0.15) is 31.9 Å². The van der Waals surface area contributed by atoms with E-state index in [9.17, 15) is 22.3 Å². The molecule has 1 N–H and O–H groups in total. The molecular formula is C15H21F2NO4S. The van der Waals surface area contributed by atoms with E-state index in [0.717, 1.165) is 16.4 Å². The number of hydrogen-bond donors (Lipinski definition) is 1. The van der Waals surface area contributed by atoms with Gasteiger partial charge in [-0.05, 0) is 38.0 Å². The van der Waals surface area contributed by atoms with Gasteiger partial charge in [0, 0.05) is 6.54 Å². The summed E-state index contributed by atoms with van der Waals surface area (Å²) in [5.41, 5.74) is 0.328. The second kappa shape index (κ2) is 7.21. The zero-order chi connectivity index (χ0) is 17.2. The SMILES string of the molecule is CC(C)OCCS(=O)(=O)N1CC(O)CC1c1ccc(F)c(F)c1. The standard InChI is InChI=1S/C15H21F2NO4S/c1-10(2)22-5-6-23(20,21)18-9-12(19)8-15(18)11-3-4-13(16)14(17)7-11/h3-4,7,10,12,15,19H,5-6,8-9H2,1-2H3. The van der Waals surface area contributed by atoms with Crippen molar-refractivity contribution in [3.8, 4) is 0 Å². The molecule has 2 rings (SSSR count). The van der Waals surface area contributed by atoms with E-state index in [1.54, 1.807) is 13.8 Å². The number of ether oxygens (including phenoxy) is 1. The first-order chi connectivity index (χ1) is 10.7. The van der Waals surface area contributed by atoms with Crippen molar-refractivity contribution in [1.29, 1.82) is 0 Å². The van der Waals surface area contributed by atoms with E-state index >= 15 is 0 Å². The Morgan fingerprint density at radius 3 is 2.65 bits per heavy atom. The molecule has 1 aromatic carbocycles. The summed E-state index contributed by atoms with van der Waals surface area (Å²) < 4.78 is 57.8. The fourth-order valence-electron chi connectivity index (χ4n) is 2.62. The Balaban J connectivity index is 2.20. The second-order valence-electron chi connectivity index (χ2n) is 5.88. The smallest absolute Gasteiger partial charge is 0.217 e. The summed E-state index contributed by atoms with van der Waals surface area (Å²) in [6.45, 7) is 3.58. The Bertz CT molecular complexity index is 651. The average Bonchev–Trinajstić information content (AvgIpc) is 2.84. The highest BCUT2D eigenvalue weighted by Crippen LogP contribution is 2.35. The van der Waals surface area contributed by atoms with E-state index in [1.165, 1.54) is 6.07 Å². The molecule has 0 amide bonds. The Morgan fingerprint density at radius 2 is 2.04 bits per heavy atom. The molecular weight excluding hydrogens is 328 g/mol. The van der Waals surface area contributed by atoms with Crippen LogP contribution in [0.25, 0.3) is 0 Å². The van der Waals surface area contributed by atoms with E-state index in [2.05, 4.69) is 0 Å². The minimum Gasteiger partial charge on any atom is -0.392 e. The van der Waals surface area contributed by atoms with Crippen LogP contribution in [0.15, 0.2) is 18.2 Å². The zero-order valence-corrected chi connectivity index (χ0v) is 13.9. The first-order valence-electron chi connectivity index (χ1n) is 7.45. The van der Waals surface area contributed by atoms with Crippen molar-refractivity contribution in [1.82, 2.24) is 4.31 Å². The van der Waals surface area contributed by atoms with E-state index in [1.807, 2.05) is 0 Å². The maximum Gasteiger partial charge on any atom is 0.217 e. The summed E-state index contributed by atoms with van der Waals surface area (Å²) in [7, 11) is -3.68. The molecule has 8 heteroatoms. The predicted molar refractivity (Wildman–Crippen MR) is 81.3 cm³/mol. The highest BCUT2D eigenvalue weighted by molar-refractivity contribution is 7.89. The molecule has 0 bridgehead atoms. The van der Waals surface area contributed by atoms with Gasteiger partial charge in [-0.25, -0.2) is 17.2 Å². The lowest BCUT2D eigenvalue weighted by Gasteiger charge is -2.24. The molecule has 0 spiro atoms. The number of halogens is 2. The quantitative estimate of drug-likeness (QED) is 0.851. The van der Waals surface area contributed by atoms with Gasteiger partial charge in [0.15, 0.2) is 11.6 Å². The molecule has 1 fully saturated rings. The van der Waals surface area contributed by atoms with Gasteiger partial charge in [0.2, 0.25) is 10.0 Å². The number of β-amino-alcohol motifs (C(OH)–C–C–N with tert-alkyl or cyclic N) is 1. The van der Waals surface area contributed by atoms with Gasteiger partial charge in [-0.15, -0.1) is 0 Å². The van der Waals surface area contributed by atoms with Crippen molar-refractivity contribution >= 4 is 10.0 Å². The molecule has 0 aromatic heterocycles. The Hall–Kier alpha value is -1.09. The van der Waals surface area contributed by atoms with Crippen molar-refractivity contribution in [2.75, 3.05) is 18.9 Å². The number of aliphatic hydroxyl groups is 1. The number of rotatable bonds is 6. The topological polar surface area (TPSA) is 66.8 Å². The van der Waals surface area contributed by atoms with Gasteiger partial charge < -0.3 is 9.84 Å². The van der Waals surface area contributed by atoms with Gasteiger partial charge in [0.25, 0.3) is 0 Å². The number of benzene rings is 1. The van der Waals surface area contributed by atoms with Crippen molar-refractivity contribution in [3.63, 3.8) is 0 Å². The van der Waals surface area contributed by atoms with Crippen LogP contribution in [0.2, 0.25) is 0 Å². The molecule has 0 saturated carbocycles. The average molecular weight is 349 g/mol. The zero-order valence-electron chi connectivity index (χ0n) is 13.1. The first-order valence-corrected chi connectivity index (χ1v) is 9.05. The number of aliphatic hydroxyl groups excluding tert-OH is 1. The van der Waals surface area contributed by atoms with Crippen LogP contribution in [-0.4, -0.2) is 48.9 Å². The van der Waals surface area contributed by atoms with Gasteiger partial charge >= 0.3 is 0 Å². The summed E-state index contributed by atoms with van der Waals surface area (Å²) >= 11 is 0. The van der Waals surface area contributed by atoms with Crippen LogP contribution in [0.4, 0.5) is 8.78 Å². The van der Waals surface area contributed by atoms with Crippen LogP contribution in [0.5, 0.6) is 0 Å². The van der Waals surface area contributed by atoms with Gasteiger partial charge in [-0.3, -0.25) is 0 Å². The van der Waals surface area contributed by atoms with Crippen LogP contribution in [-0.2, 0) is 14.8 Å². The number of nitrogens with zero attached hydrogens (tertiary/aromatic N) is 1. The normalized spacial score (nSPS) is 22.9. The first kappa shape index (κ1) is 18.3. The third-order valence-electron chi connectivity index (χ3n) is 3.71. The third kappa shape index (κ3) is 4.47. The molecule has 0 aliphatic carbocycles. The van der Waals surface area contributed by atoms with Crippen molar-refractivity contribution < 1.29 is 27.0 Å². The summed E-state index contributed by atoms with van der Waals surface area (Å²) in [4.78, 5) is 0. The highest BCUT2D eigenvalue weighted by Gasteiger charge is 2.39. The molecule has 1 saturated heterocycles. The Morgan fingerprint density at radius 1 is 1.35 bits per heavy atom. The summed E-state index contributed by atoms with van der Waals surface area (Å²) in [6, 6.07) is 2.57. The molecule has 1 aromatic rings. The van der Waals surface area contributed by atoms with Gasteiger partial charge in [-0.2, -0.15) is 4.31 Å². The molecule has 5 nitrogen and oxygen atoms in total. The van der Waals surface area contributed by atoms with Crippen molar-refractivity contribution in [3.05, 3.63) is 35.4 Å². The highest BCUT2D eigenvalue weighted by atomic mass is 32.2. The second-order valence-corrected chi connectivity index (χ2v) is 7.93. The molecule has 2 atom stereocenters. The summed E-state index contributed by atoms with van der Waals surface area (Å²) in [5.74, 6) is -2.26. The minimum atomic E-state index is -3.68. The monoisotopic (exact) mass is 349 g/mol. The van der Waals surface area contributed by atoms with Crippen LogP contribution in [0, 0.1) is 11.6 Å². The van der Waals surface area contributed by atoms with Crippen LogP contribution >= 0.6 is 0 Å². The van der Waals surface area contributed by atoms with E-state index in [4.69, 9.17) is 4.74 Å². The maximum absolute atomic E-state index is 13.4. The molecule has 130 valence electrons. The third-order valence-corrected chi connectivity index (χ3v) is 5.51. The van der Waals surface area contributed by atoms with Crippen molar-refractivity contribution in [2.45, 2.75) is 38.5 Å². The van der Waals surface area contributed by atoms with Gasteiger partial charge in [0.1, 0.15) is 0 Å². The lowest BCUT2D eigenvalue weighted by Crippen LogP contribution is -2.35. The maximum atomic E-state index is 13.4. The van der Waals surface area contributed by atoms with E-state index in [-0.39, 0.29) is 31.4 Å². The number of sulfonamides is 1. The Labute approximate surface area is 134 Å². The molecule has 23 heavy (non-hydrogen) atoms. The lowest BCUT2D eigenvalue weighted by molar-refractivity contribution is 0.0905. The fourth-order valence-corrected chi connectivity index (χ4v) is 4.16. The summed E-state index contributed by atoms with van der Waals surface area (Å²) in [6.07, 6.45) is -0.778. The molecule has 2 unspecified atom stereocenters.